The van der Waals surface area contributed by atoms with Gasteiger partial charge in [-0.2, -0.15) is 0 Å². The molecule has 0 aliphatic carbocycles. The number of nitrogens with zero attached hydrogens (tertiary/aromatic N) is 2. The Balaban J connectivity index is 1.55. The molecule has 4 rings (SSSR count). The molecule has 2 heterocycles. The average molecular weight is 334 g/mol. The van der Waals surface area contributed by atoms with Gasteiger partial charge in [0.05, 0.1) is 5.69 Å². The quantitative estimate of drug-likeness (QED) is 0.752. The molecule has 1 aliphatic heterocycles. The van der Waals surface area contributed by atoms with Crippen LogP contribution in [-0.2, 0) is 6.54 Å². The first-order valence-corrected chi connectivity index (χ1v) is 8.75. The molecule has 0 amide bonds. The summed E-state index contributed by atoms with van der Waals surface area (Å²) in [6, 6.07) is 18.0. The molecule has 1 N–H and O–H groups in total. The zero-order chi connectivity index (χ0) is 17.2. The van der Waals surface area contributed by atoms with Crippen molar-refractivity contribution in [2.24, 2.45) is 0 Å². The molecule has 1 atom stereocenters. The van der Waals surface area contributed by atoms with E-state index in [1.807, 2.05) is 49.4 Å². The van der Waals surface area contributed by atoms with Gasteiger partial charge < -0.3 is 9.52 Å². The summed E-state index contributed by atoms with van der Waals surface area (Å²) in [5.41, 5.74) is 3.26. The number of aromatic hydroxyl groups is 1. The lowest BCUT2D eigenvalue weighted by molar-refractivity contribution is 0.244. The van der Waals surface area contributed by atoms with Gasteiger partial charge in [0.2, 0.25) is 5.89 Å². The summed E-state index contributed by atoms with van der Waals surface area (Å²) in [4.78, 5) is 7.19. The number of aryl methyl sites for hydroxylation is 1. The lowest BCUT2D eigenvalue weighted by atomic mass is 10.0. The van der Waals surface area contributed by atoms with Crippen LogP contribution in [0.4, 0.5) is 0 Å². The molecule has 2 aromatic carbocycles. The normalized spacial score (nSPS) is 17.9. The van der Waals surface area contributed by atoms with E-state index < -0.39 is 0 Å². The summed E-state index contributed by atoms with van der Waals surface area (Å²) in [5.74, 6) is 1.89. The first-order chi connectivity index (χ1) is 12.2. The number of phenols is 1. The number of benzene rings is 2. The Morgan fingerprint density at radius 1 is 1.12 bits per heavy atom. The third-order valence-electron chi connectivity index (χ3n) is 4.91. The van der Waals surface area contributed by atoms with Gasteiger partial charge in [-0.1, -0.05) is 30.3 Å². The molecule has 0 bridgehead atoms. The van der Waals surface area contributed by atoms with Gasteiger partial charge in [0, 0.05) is 18.2 Å². The van der Waals surface area contributed by atoms with Crippen LogP contribution in [-0.4, -0.2) is 21.5 Å². The van der Waals surface area contributed by atoms with E-state index in [1.165, 1.54) is 12.0 Å². The van der Waals surface area contributed by atoms with Crippen molar-refractivity contribution >= 4 is 0 Å². The van der Waals surface area contributed by atoms with Crippen LogP contribution in [0, 0.1) is 6.92 Å². The van der Waals surface area contributed by atoms with Crippen molar-refractivity contribution in [2.45, 2.75) is 32.4 Å². The Hall–Kier alpha value is -2.59. The molecule has 1 saturated heterocycles. The number of oxazole rings is 1. The van der Waals surface area contributed by atoms with Gasteiger partial charge in [0.15, 0.2) is 0 Å². The summed E-state index contributed by atoms with van der Waals surface area (Å²) >= 11 is 0. The SMILES string of the molecule is Cc1oc(-c2ccccc2)nc1CN1CCC[C@H]1c1ccc(O)cc1. The number of hydrogen-bond acceptors (Lipinski definition) is 4. The maximum atomic E-state index is 9.51. The van der Waals surface area contributed by atoms with Gasteiger partial charge >= 0.3 is 0 Å². The van der Waals surface area contributed by atoms with Crippen molar-refractivity contribution in [2.75, 3.05) is 6.54 Å². The van der Waals surface area contributed by atoms with E-state index >= 15 is 0 Å². The zero-order valence-electron chi connectivity index (χ0n) is 14.4. The predicted molar refractivity (Wildman–Crippen MR) is 97.2 cm³/mol. The molecule has 0 spiro atoms. The van der Waals surface area contributed by atoms with Gasteiger partial charge in [-0.3, -0.25) is 4.90 Å². The number of aromatic nitrogens is 1. The van der Waals surface area contributed by atoms with Crippen LogP contribution < -0.4 is 0 Å². The van der Waals surface area contributed by atoms with Crippen LogP contribution in [0.1, 0.15) is 35.9 Å². The van der Waals surface area contributed by atoms with Gasteiger partial charge in [-0.05, 0) is 56.1 Å². The first kappa shape index (κ1) is 15.9. The molecule has 0 unspecified atom stereocenters. The summed E-state index contributed by atoms with van der Waals surface area (Å²) in [6.45, 7) is 3.83. The third-order valence-corrected chi connectivity index (χ3v) is 4.91. The highest BCUT2D eigenvalue weighted by atomic mass is 16.4. The van der Waals surface area contributed by atoms with Crippen molar-refractivity contribution < 1.29 is 9.52 Å². The first-order valence-electron chi connectivity index (χ1n) is 8.75. The summed E-state index contributed by atoms with van der Waals surface area (Å²) in [6.07, 6.45) is 2.31. The Morgan fingerprint density at radius 2 is 1.88 bits per heavy atom. The topological polar surface area (TPSA) is 49.5 Å². The minimum absolute atomic E-state index is 0.313. The fourth-order valence-corrected chi connectivity index (χ4v) is 3.56. The molecular weight excluding hydrogens is 312 g/mol. The van der Waals surface area contributed by atoms with E-state index in [4.69, 9.17) is 9.40 Å². The fourth-order valence-electron chi connectivity index (χ4n) is 3.56. The fraction of sp³-hybridized carbons (Fsp3) is 0.286. The number of phenolic OH excluding ortho intramolecular Hbond substituents is 1. The maximum absolute atomic E-state index is 9.51. The minimum Gasteiger partial charge on any atom is -0.508 e. The number of rotatable bonds is 4. The molecular formula is C21H22N2O2. The van der Waals surface area contributed by atoms with Gasteiger partial charge in [0.25, 0.3) is 0 Å². The number of likely N-dealkylation sites (tertiary alicyclic amines) is 1. The van der Waals surface area contributed by atoms with Crippen LogP contribution in [0.3, 0.4) is 0 Å². The Labute approximate surface area is 147 Å². The molecule has 4 nitrogen and oxygen atoms in total. The maximum Gasteiger partial charge on any atom is 0.226 e. The Bertz CT molecular complexity index is 840. The van der Waals surface area contributed by atoms with Crippen molar-refractivity contribution in [1.29, 1.82) is 0 Å². The van der Waals surface area contributed by atoms with Crippen molar-refractivity contribution in [1.82, 2.24) is 9.88 Å². The van der Waals surface area contributed by atoms with Crippen molar-refractivity contribution in [3.63, 3.8) is 0 Å². The second-order valence-corrected chi connectivity index (χ2v) is 6.61. The molecule has 1 aromatic heterocycles. The Morgan fingerprint density at radius 3 is 2.64 bits per heavy atom. The third kappa shape index (κ3) is 3.30. The van der Waals surface area contributed by atoms with Gasteiger partial charge in [-0.15, -0.1) is 0 Å². The summed E-state index contributed by atoms with van der Waals surface area (Å²) in [7, 11) is 0. The summed E-state index contributed by atoms with van der Waals surface area (Å²) < 4.78 is 5.90. The van der Waals surface area contributed by atoms with Crippen LogP contribution in [0.5, 0.6) is 5.75 Å². The monoisotopic (exact) mass is 334 g/mol. The van der Waals surface area contributed by atoms with Crippen LogP contribution in [0.15, 0.2) is 59.0 Å². The second kappa shape index (κ2) is 6.73. The Kier molecular flexibility index (Phi) is 4.28. The lowest BCUT2D eigenvalue weighted by Gasteiger charge is -2.24. The molecule has 25 heavy (non-hydrogen) atoms. The second-order valence-electron chi connectivity index (χ2n) is 6.61. The van der Waals surface area contributed by atoms with E-state index in [-0.39, 0.29) is 0 Å². The standard InChI is InChI=1S/C21H22N2O2/c1-15-19(22-21(25-15)17-6-3-2-4-7-17)14-23-13-5-8-20(23)16-9-11-18(24)12-10-16/h2-4,6-7,9-12,20,24H,5,8,13-14H2,1H3/t20-/m0/s1. The smallest absolute Gasteiger partial charge is 0.226 e. The molecule has 3 aromatic rings. The van der Waals surface area contributed by atoms with E-state index in [9.17, 15) is 5.11 Å². The molecule has 128 valence electrons. The lowest BCUT2D eigenvalue weighted by Crippen LogP contribution is -2.23. The van der Waals surface area contributed by atoms with Gasteiger partial charge in [-0.25, -0.2) is 4.98 Å². The highest BCUT2D eigenvalue weighted by molar-refractivity contribution is 5.53. The molecule has 1 fully saturated rings. The van der Waals surface area contributed by atoms with Crippen molar-refractivity contribution in [3.05, 3.63) is 71.6 Å². The molecule has 1 aliphatic rings. The van der Waals surface area contributed by atoms with Crippen LogP contribution in [0.25, 0.3) is 11.5 Å². The zero-order valence-corrected chi connectivity index (χ0v) is 14.4. The minimum atomic E-state index is 0.313. The highest BCUT2D eigenvalue weighted by Crippen LogP contribution is 2.34. The summed E-state index contributed by atoms with van der Waals surface area (Å²) in [5, 5.41) is 9.51. The van der Waals surface area contributed by atoms with E-state index in [1.54, 1.807) is 12.1 Å². The van der Waals surface area contributed by atoms with E-state index in [2.05, 4.69) is 4.90 Å². The largest absolute Gasteiger partial charge is 0.508 e. The van der Waals surface area contributed by atoms with Crippen LogP contribution in [0.2, 0.25) is 0 Å². The number of hydrogen-bond donors (Lipinski definition) is 1. The molecule has 4 heteroatoms. The van der Waals surface area contributed by atoms with E-state index in [0.717, 1.165) is 36.5 Å². The van der Waals surface area contributed by atoms with Crippen LogP contribution >= 0.6 is 0 Å². The van der Waals surface area contributed by atoms with E-state index in [0.29, 0.717) is 17.7 Å². The van der Waals surface area contributed by atoms with Crippen molar-refractivity contribution in [3.8, 4) is 17.2 Å². The predicted octanol–water partition coefficient (Wildman–Crippen LogP) is 4.69. The molecule has 0 saturated carbocycles. The van der Waals surface area contributed by atoms with Gasteiger partial charge in [0.1, 0.15) is 11.5 Å². The molecule has 0 radical (unpaired) electrons. The average Bonchev–Trinajstić information content (AvgIpc) is 3.24. The highest BCUT2D eigenvalue weighted by Gasteiger charge is 2.27.